The third-order valence-electron chi connectivity index (χ3n) is 3.99. The van der Waals surface area contributed by atoms with Gasteiger partial charge in [-0.3, -0.25) is 4.79 Å². The molecular formula is C18H22N4O3. The lowest BCUT2D eigenvalue weighted by Crippen LogP contribution is -2.29. The highest BCUT2D eigenvalue weighted by atomic mass is 16.5. The fraction of sp³-hybridized carbons (Fsp3) is 0.389. The number of carbonyl (C=O) groups excluding carboxylic acids is 1. The SMILES string of the molecule is COc1ccccc1OCC(=O)NCc1nccc(N2CCCC2)n1. The van der Waals surface area contributed by atoms with Gasteiger partial charge in [-0.05, 0) is 31.0 Å². The van der Waals surface area contributed by atoms with Crippen LogP contribution >= 0.6 is 0 Å². The van der Waals surface area contributed by atoms with Crippen LogP contribution in [0.3, 0.4) is 0 Å². The van der Waals surface area contributed by atoms with Crippen molar-refractivity contribution in [1.29, 1.82) is 0 Å². The Balaban J connectivity index is 1.49. The Labute approximate surface area is 147 Å². The highest BCUT2D eigenvalue weighted by molar-refractivity contribution is 5.77. The van der Waals surface area contributed by atoms with Gasteiger partial charge in [-0.2, -0.15) is 0 Å². The normalized spacial score (nSPS) is 13.6. The van der Waals surface area contributed by atoms with E-state index < -0.39 is 0 Å². The Morgan fingerprint density at radius 1 is 1.20 bits per heavy atom. The number of benzene rings is 1. The molecule has 7 heteroatoms. The minimum Gasteiger partial charge on any atom is -0.493 e. The van der Waals surface area contributed by atoms with Gasteiger partial charge in [-0.15, -0.1) is 0 Å². The topological polar surface area (TPSA) is 76.6 Å². The van der Waals surface area contributed by atoms with Crippen molar-refractivity contribution in [3.05, 3.63) is 42.4 Å². The molecule has 132 valence electrons. The second-order valence-corrected chi connectivity index (χ2v) is 5.74. The fourth-order valence-electron chi connectivity index (χ4n) is 2.71. The number of carbonyl (C=O) groups is 1. The molecule has 1 fully saturated rings. The maximum Gasteiger partial charge on any atom is 0.258 e. The predicted octanol–water partition coefficient (Wildman–Crippen LogP) is 1.78. The van der Waals surface area contributed by atoms with Crippen molar-refractivity contribution >= 4 is 11.7 Å². The zero-order valence-corrected chi connectivity index (χ0v) is 14.3. The van der Waals surface area contributed by atoms with Crippen molar-refractivity contribution in [1.82, 2.24) is 15.3 Å². The predicted molar refractivity (Wildman–Crippen MR) is 93.8 cm³/mol. The Hall–Kier alpha value is -2.83. The highest BCUT2D eigenvalue weighted by Crippen LogP contribution is 2.25. The van der Waals surface area contributed by atoms with Crippen LogP contribution in [0.2, 0.25) is 0 Å². The van der Waals surface area contributed by atoms with Gasteiger partial charge < -0.3 is 19.7 Å². The van der Waals surface area contributed by atoms with Crippen molar-refractivity contribution in [3.63, 3.8) is 0 Å². The molecule has 0 atom stereocenters. The molecule has 0 spiro atoms. The number of aromatic nitrogens is 2. The number of methoxy groups -OCH3 is 1. The van der Waals surface area contributed by atoms with Crippen LogP contribution in [0.25, 0.3) is 0 Å². The summed E-state index contributed by atoms with van der Waals surface area (Å²) >= 11 is 0. The minimum atomic E-state index is -0.235. The summed E-state index contributed by atoms with van der Waals surface area (Å²) < 4.78 is 10.7. The van der Waals surface area contributed by atoms with E-state index in [9.17, 15) is 4.79 Å². The van der Waals surface area contributed by atoms with Gasteiger partial charge in [0.05, 0.1) is 13.7 Å². The number of para-hydroxylation sites is 2. The van der Waals surface area contributed by atoms with E-state index in [1.165, 1.54) is 12.8 Å². The van der Waals surface area contributed by atoms with E-state index in [2.05, 4.69) is 20.2 Å². The summed E-state index contributed by atoms with van der Waals surface area (Å²) in [6.07, 6.45) is 4.11. The average molecular weight is 342 g/mol. The number of amides is 1. The lowest BCUT2D eigenvalue weighted by molar-refractivity contribution is -0.123. The smallest absolute Gasteiger partial charge is 0.258 e. The molecule has 25 heavy (non-hydrogen) atoms. The number of hydrogen-bond acceptors (Lipinski definition) is 6. The summed E-state index contributed by atoms with van der Waals surface area (Å²) in [5, 5.41) is 2.78. The van der Waals surface area contributed by atoms with Crippen molar-refractivity contribution in [2.24, 2.45) is 0 Å². The summed E-state index contributed by atoms with van der Waals surface area (Å²) in [6.45, 7) is 2.23. The van der Waals surface area contributed by atoms with Crippen LogP contribution < -0.4 is 19.7 Å². The zero-order valence-electron chi connectivity index (χ0n) is 14.3. The maximum absolute atomic E-state index is 12.0. The molecule has 7 nitrogen and oxygen atoms in total. The number of nitrogens with zero attached hydrogens (tertiary/aromatic N) is 3. The van der Waals surface area contributed by atoms with Gasteiger partial charge in [0, 0.05) is 19.3 Å². The number of nitrogens with one attached hydrogen (secondary N) is 1. The molecule has 1 N–H and O–H groups in total. The van der Waals surface area contributed by atoms with Gasteiger partial charge in [0.1, 0.15) is 11.6 Å². The monoisotopic (exact) mass is 342 g/mol. The Morgan fingerprint density at radius 3 is 2.72 bits per heavy atom. The number of anilines is 1. The molecule has 1 saturated heterocycles. The molecule has 3 rings (SSSR count). The fourth-order valence-corrected chi connectivity index (χ4v) is 2.71. The van der Waals surface area contributed by atoms with Crippen LogP contribution in [0.4, 0.5) is 5.82 Å². The zero-order chi connectivity index (χ0) is 17.5. The first-order valence-corrected chi connectivity index (χ1v) is 8.35. The summed E-state index contributed by atoms with van der Waals surface area (Å²) in [6, 6.07) is 9.12. The summed E-state index contributed by atoms with van der Waals surface area (Å²) in [4.78, 5) is 22.9. The van der Waals surface area contributed by atoms with Crippen molar-refractivity contribution in [2.75, 3.05) is 31.7 Å². The molecule has 1 aromatic carbocycles. The largest absolute Gasteiger partial charge is 0.493 e. The molecule has 1 aliphatic heterocycles. The first-order chi connectivity index (χ1) is 12.3. The number of hydrogen-bond donors (Lipinski definition) is 1. The van der Waals surface area contributed by atoms with Gasteiger partial charge in [0.25, 0.3) is 5.91 Å². The molecule has 1 aromatic heterocycles. The summed E-state index contributed by atoms with van der Waals surface area (Å²) in [5.41, 5.74) is 0. The molecular weight excluding hydrogens is 320 g/mol. The molecule has 0 radical (unpaired) electrons. The van der Waals surface area contributed by atoms with E-state index in [1.54, 1.807) is 25.4 Å². The second kappa shape index (κ2) is 8.32. The number of rotatable bonds is 7. The third-order valence-corrected chi connectivity index (χ3v) is 3.99. The van der Waals surface area contributed by atoms with Crippen LogP contribution in [0, 0.1) is 0 Å². The lowest BCUT2D eigenvalue weighted by atomic mass is 10.3. The van der Waals surface area contributed by atoms with Crippen molar-refractivity contribution < 1.29 is 14.3 Å². The van der Waals surface area contributed by atoms with E-state index in [0.717, 1.165) is 18.9 Å². The second-order valence-electron chi connectivity index (χ2n) is 5.74. The molecule has 1 aliphatic rings. The van der Waals surface area contributed by atoms with Crippen LogP contribution in [0.15, 0.2) is 36.5 Å². The third kappa shape index (κ3) is 4.59. The Kier molecular flexibility index (Phi) is 5.66. The molecule has 0 unspecified atom stereocenters. The molecule has 2 aromatic rings. The van der Waals surface area contributed by atoms with Crippen LogP contribution in [-0.4, -0.2) is 42.7 Å². The Morgan fingerprint density at radius 2 is 1.96 bits per heavy atom. The van der Waals surface area contributed by atoms with Gasteiger partial charge >= 0.3 is 0 Å². The molecule has 2 heterocycles. The first kappa shape index (κ1) is 17.0. The molecule has 0 aliphatic carbocycles. The van der Waals surface area contributed by atoms with E-state index in [4.69, 9.17) is 9.47 Å². The maximum atomic E-state index is 12.0. The van der Waals surface area contributed by atoms with Gasteiger partial charge in [-0.25, -0.2) is 9.97 Å². The van der Waals surface area contributed by atoms with Gasteiger partial charge in [0.2, 0.25) is 0 Å². The summed E-state index contributed by atoms with van der Waals surface area (Å²) in [7, 11) is 1.56. The lowest BCUT2D eigenvalue weighted by Gasteiger charge is -2.16. The standard InChI is InChI=1S/C18H22N4O3/c1-24-14-6-2-3-7-15(14)25-13-18(23)20-12-16-19-9-8-17(21-16)22-10-4-5-11-22/h2-3,6-9H,4-5,10-13H2,1H3,(H,20,23). The summed E-state index contributed by atoms with van der Waals surface area (Å²) in [5.74, 6) is 2.41. The van der Waals surface area contributed by atoms with Crippen LogP contribution in [0.1, 0.15) is 18.7 Å². The molecule has 0 bridgehead atoms. The van der Waals surface area contributed by atoms with Crippen LogP contribution in [-0.2, 0) is 11.3 Å². The van der Waals surface area contributed by atoms with E-state index in [1.807, 2.05) is 18.2 Å². The van der Waals surface area contributed by atoms with Gasteiger partial charge in [0.15, 0.2) is 18.1 Å². The van der Waals surface area contributed by atoms with Gasteiger partial charge in [-0.1, -0.05) is 12.1 Å². The molecule has 0 saturated carbocycles. The highest BCUT2D eigenvalue weighted by Gasteiger charge is 2.14. The molecule has 1 amide bonds. The Bertz CT molecular complexity index is 717. The quantitative estimate of drug-likeness (QED) is 0.826. The van der Waals surface area contributed by atoms with Crippen molar-refractivity contribution in [3.8, 4) is 11.5 Å². The van der Waals surface area contributed by atoms with E-state index >= 15 is 0 Å². The van der Waals surface area contributed by atoms with Crippen LogP contribution in [0.5, 0.6) is 11.5 Å². The average Bonchev–Trinajstić information content (AvgIpc) is 3.20. The minimum absolute atomic E-state index is 0.0911. The van der Waals surface area contributed by atoms with E-state index in [0.29, 0.717) is 17.3 Å². The first-order valence-electron chi connectivity index (χ1n) is 8.35. The van der Waals surface area contributed by atoms with Crippen molar-refractivity contribution in [2.45, 2.75) is 19.4 Å². The number of ether oxygens (including phenoxy) is 2. The van der Waals surface area contributed by atoms with E-state index in [-0.39, 0.29) is 19.1 Å².